The first-order chi connectivity index (χ1) is 8.79. The van der Waals surface area contributed by atoms with Crippen LogP contribution in [-0.2, 0) is 0 Å². The maximum atomic E-state index is 10.4. The Bertz CT molecular complexity index is 412. The first-order valence-electron chi connectivity index (χ1n) is 6.45. The molecule has 3 N–H and O–H groups in total. The molecule has 1 rings (SSSR count). The molecule has 0 saturated carbocycles. The van der Waals surface area contributed by atoms with Crippen LogP contribution in [0.25, 0.3) is 0 Å². The number of ether oxygens (including phenoxy) is 2. The lowest BCUT2D eigenvalue weighted by Gasteiger charge is -2.29. The molecule has 4 heteroatoms. The highest BCUT2D eigenvalue weighted by molar-refractivity contribution is 5.41. The van der Waals surface area contributed by atoms with E-state index in [2.05, 4.69) is 20.8 Å². The van der Waals surface area contributed by atoms with Gasteiger partial charge in [-0.15, -0.1) is 0 Å². The van der Waals surface area contributed by atoms with Crippen LogP contribution in [0, 0.1) is 5.41 Å². The molecule has 0 aromatic heterocycles. The summed E-state index contributed by atoms with van der Waals surface area (Å²) in [5.41, 5.74) is 6.78. The Kier molecular flexibility index (Phi) is 5.20. The fourth-order valence-corrected chi connectivity index (χ4v) is 1.82. The Balaban J connectivity index is 2.94. The van der Waals surface area contributed by atoms with Gasteiger partial charge in [-0.25, -0.2) is 0 Å². The van der Waals surface area contributed by atoms with Crippen LogP contribution in [0.15, 0.2) is 18.2 Å². The molecule has 0 saturated heterocycles. The Morgan fingerprint density at radius 1 is 1.21 bits per heavy atom. The summed E-state index contributed by atoms with van der Waals surface area (Å²) < 4.78 is 10.5. The van der Waals surface area contributed by atoms with E-state index in [1.165, 1.54) is 0 Å². The summed E-state index contributed by atoms with van der Waals surface area (Å²) in [6.07, 6.45) is -0.188. The highest BCUT2D eigenvalue weighted by Crippen LogP contribution is 2.33. The van der Waals surface area contributed by atoms with Gasteiger partial charge in [0, 0.05) is 11.6 Å². The molecule has 2 atom stereocenters. The number of hydrogen-bond acceptors (Lipinski definition) is 4. The molecule has 1 aromatic rings. The highest BCUT2D eigenvalue weighted by atomic mass is 16.5. The Morgan fingerprint density at radius 3 is 2.32 bits per heavy atom. The van der Waals surface area contributed by atoms with E-state index in [1.54, 1.807) is 32.4 Å². The van der Waals surface area contributed by atoms with Crippen LogP contribution in [0.3, 0.4) is 0 Å². The molecule has 0 spiro atoms. The van der Waals surface area contributed by atoms with Crippen molar-refractivity contribution in [3.63, 3.8) is 0 Å². The van der Waals surface area contributed by atoms with E-state index in [9.17, 15) is 5.11 Å². The normalized spacial score (nSPS) is 14.9. The standard InChI is InChI=1S/C15H25NO3/c1-15(2,3)14(16)9-12(17)11-8-10(18-4)6-7-13(11)19-5/h6-8,12,14,17H,9,16H2,1-5H3/t12-,14-/m0/s1. The molecule has 1 aromatic carbocycles. The molecule has 0 aliphatic carbocycles. The van der Waals surface area contributed by atoms with Gasteiger partial charge in [0.2, 0.25) is 0 Å². The van der Waals surface area contributed by atoms with Crippen LogP contribution in [0.1, 0.15) is 38.9 Å². The number of aliphatic hydroxyl groups is 1. The number of benzene rings is 1. The fourth-order valence-electron chi connectivity index (χ4n) is 1.82. The van der Waals surface area contributed by atoms with Gasteiger partial charge in [0.1, 0.15) is 11.5 Å². The number of aliphatic hydroxyl groups excluding tert-OH is 1. The molecule has 0 fully saturated rings. The molecule has 4 nitrogen and oxygen atoms in total. The van der Waals surface area contributed by atoms with Crippen molar-refractivity contribution >= 4 is 0 Å². The molecule has 0 aliphatic rings. The SMILES string of the molecule is COc1ccc(OC)c([C@@H](O)C[C@H](N)C(C)(C)C)c1. The van der Waals surface area contributed by atoms with E-state index in [0.29, 0.717) is 23.5 Å². The molecular weight excluding hydrogens is 242 g/mol. The van der Waals surface area contributed by atoms with Gasteiger partial charge in [0.05, 0.1) is 20.3 Å². The summed E-state index contributed by atoms with van der Waals surface area (Å²) >= 11 is 0. The van der Waals surface area contributed by atoms with Crippen molar-refractivity contribution in [2.75, 3.05) is 14.2 Å². The van der Waals surface area contributed by atoms with Gasteiger partial charge in [-0.1, -0.05) is 20.8 Å². The quantitative estimate of drug-likeness (QED) is 0.860. The lowest BCUT2D eigenvalue weighted by Crippen LogP contribution is -2.36. The first-order valence-corrected chi connectivity index (χ1v) is 6.45. The van der Waals surface area contributed by atoms with E-state index in [1.807, 2.05) is 0 Å². The van der Waals surface area contributed by atoms with Crippen LogP contribution in [0.5, 0.6) is 11.5 Å². The number of rotatable bonds is 5. The predicted octanol–water partition coefficient (Wildman–Crippen LogP) is 2.50. The summed E-state index contributed by atoms with van der Waals surface area (Å²) in [4.78, 5) is 0. The van der Waals surface area contributed by atoms with Gasteiger partial charge in [-0.2, -0.15) is 0 Å². The van der Waals surface area contributed by atoms with E-state index < -0.39 is 6.10 Å². The van der Waals surface area contributed by atoms with Gasteiger partial charge >= 0.3 is 0 Å². The topological polar surface area (TPSA) is 64.7 Å². The molecular formula is C15H25NO3. The van der Waals surface area contributed by atoms with Crippen LogP contribution in [-0.4, -0.2) is 25.4 Å². The van der Waals surface area contributed by atoms with Gasteiger partial charge in [-0.05, 0) is 30.0 Å². The summed E-state index contributed by atoms with van der Waals surface area (Å²) in [5.74, 6) is 1.34. The Labute approximate surface area is 115 Å². The second kappa shape index (κ2) is 6.26. The molecule has 0 radical (unpaired) electrons. The van der Waals surface area contributed by atoms with Crippen molar-refractivity contribution in [3.05, 3.63) is 23.8 Å². The Hall–Kier alpha value is -1.26. The molecule has 0 aliphatic heterocycles. The zero-order chi connectivity index (χ0) is 14.6. The van der Waals surface area contributed by atoms with Gasteiger partial charge < -0.3 is 20.3 Å². The molecule has 108 valence electrons. The van der Waals surface area contributed by atoms with Gasteiger partial charge in [0.25, 0.3) is 0 Å². The zero-order valence-corrected chi connectivity index (χ0v) is 12.4. The fraction of sp³-hybridized carbons (Fsp3) is 0.600. The monoisotopic (exact) mass is 267 g/mol. The number of nitrogens with two attached hydrogens (primary N) is 1. The molecule has 0 bridgehead atoms. The summed E-state index contributed by atoms with van der Waals surface area (Å²) in [5, 5.41) is 10.4. The van der Waals surface area contributed by atoms with Crippen LogP contribution in [0.2, 0.25) is 0 Å². The highest BCUT2D eigenvalue weighted by Gasteiger charge is 2.25. The van der Waals surface area contributed by atoms with Crippen molar-refractivity contribution in [2.24, 2.45) is 11.1 Å². The largest absolute Gasteiger partial charge is 0.497 e. The second-order valence-corrected chi connectivity index (χ2v) is 5.83. The van der Waals surface area contributed by atoms with Crippen molar-refractivity contribution in [1.82, 2.24) is 0 Å². The predicted molar refractivity (Wildman–Crippen MR) is 76.6 cm³/mol. The third kappa shape index (κ3) is 4.11. The first kappa shape index (κ1) is 15.8. The lowest BCUT2D eigenvalue weighted by atomic mass is 9.83. The van der Waals surface area contributed by atoms with E-state index >= 15 is 0 Å². The van der Waals surface area contributed by atoms with Gasteiger partial charge in [0.15, 0.2) is 0 Å². The summed E-state index contributed by atoms with van der Waals surface area (Å²) in [6, 6.07) is 5.29. The average molecular weight is 267 g/mol. The van der Waals surface area contributed by atoms with Crippen molar-refractivity contribution in [1.29, 1.82) is 0 Å². The smallest absolute Gasteiger partial charge is 0.124 e. The minimum atomic E-state index is -0.667. The second-order valence-electron chi connectivity index (χ2n) is 5.83. The molecule has 0 unspecified atom stereocenters. The lowest BCUT2D eigenvalue weighted by molar-refractivity contribution is 0.130. The number of methoxy groups -OCH3 is 2. The minimum Gasteiger partial charge on any atom is -0.497 e. The summed E-state index contributed by atoms with van der Waals surface area (Å²) in [7, 11) is 3.18. The van der Waals surface area contributed by atoms with Crippen LogP contribution >= 0.6 is 0 Å². The Morgan fingerprint density at radius 2 is 1.84 bits per heavy atom. The van der Waals surface area contributed by atoms with Crippen molar-refractivity contribution in [3.8, 4) is 11.5 Å². The maximum Gasteiger partial charge on any atom is 0.124 e. The van der Waals surface area contributed by atoms with Crippen molar-refractivity contribution < 1.29 is 14.6 Å². The maximum absolute atomic E-state index is 10.4. The molecule has 19 heavy (non-hydrogen) atoms. The van der Waals surface area contributed by atoms with E-state index in [4.69, 9.17) is 15.2 Å². The van der Waals surface area contributed by atoms with Crippen LogP contribution in [0.4, 0.5) is 0 Å². The average Bonchev–Trinajstić information content (AvgIpc) is 2.36. The third-order valence-corrected chi connectivity index (χ3v) is 3.39. The van der Waals surface area contributed by atoms with E-state index in [0.717, 1.165) is 0 Å². The molecule has 0 heterocycles. The summed E-state index contributed by atoms with van der Waals surface area (Å²) in [6.45, 7) is 6.19. The van der Waals surface area contributed by atoms with E-state index in [-0.39, 0.29) is 11.5 Å². The molecule has 0 amide bonds. The third-order valence-electron chi connectivity index (χ3n) is 3.39. The van der Waals surface area contributed by atoms with Crippen LogP contribution < -0.4 is 15.2 Å². The number of hydrogen-bond donors (Lipinski definition) is 2. The zero-order valence-electron chi connectivity index (χ0n) is 12.4. The van der Waals surface area contributed by atoms with Crippen molar-refractivity contribution in [2.45, 2.75) is 39.3 Å². The minimum absolute atomic E-state index is 0.0485. The van der Waals surface area contributed by atoms with Gasteiger partial charge in [-0.3, -0.25) is 0 Å².